The topological polar surface area (TPSA) is 49.8 Å². The van der Waals surface area contributed by atoms with E-state index in [2.05, 4.69) is 0 Å². The molecule has 4 nitrogen and oxygen atoms in total. The van der Waals surface area contributed by atoms with Crippen molar-refractivity contribution in [2.75, 3.05) is 27.3 Å². The number of methoxy groups -OCH3 is 1. The number of hydrogen-bond donors (Lipinski definition) is 1. The van der Waals surface area contributed by atoms with Gasteiger partial charge in [-0.15, -0.1) is 0 Å². The number of rotatable bonds is 5. The molecule has 0 bridgehead atoms. The largest absolute Gasteiger partial charge is 0.497 e. The number of carbonyl (C=O) groups excluding carboxylic acids is 1. The number of ether oxygens (including phenoxy) is 1. The van der Waals surface area contributed by atoms with E-state index in [4.69, 9.17) is 9.84 Å². The predicted octanol–water partition coefficient (Wildman–Crippen LogP) is 1.25. The highest BCUT2D eigenvalue weighted by molar-refractivity contribution is 5.83. The molecule has 17 heavy (non-hydrogen) atoms. The third-order valence-corrected chi connectivity index (χ3v) is 2.80. The molecular formula is C13H19NO3. The lowest BCUT2D eigenvalue weighted by Gasteiger charge is -2.20. The Morgan fingerprint density at radius 3 is 2.47 bits per heavy atom. The van der Waals surface area contributed by atoms with Crippen LogP contribution >= 0.6 is 0 Å². The summed E-state index contributed by atoms with van der Waals surface area (Å²) in [6.45, 7) is 2.20. The molecule has 0 saturated heterocycles. The van der Waals surface area contributed by atoms with E-state index in [0.29, 0.717) is 6.54 Å². The van der Waals surface area contributed by atoms with Gasteiger partial charge in [0.1, 0.15) is 5.75 Å². The van der Waals surface area contributed by atoms with Crippen LogP contribution in [-0.4, -0.2) is 43.2 Å². The average Bonchev–Trinajstić information content (AvgIpc) is 2.37. The van der Waals surface area contributed by atoms with Crippen molar-refractivity contribution in [2.24, 2.45) is 0 Å². The van der Waals surface area contributed by atoms with E-state index in [9.17, 15) is 4.79 Å². The Morgan fingerprint density at radius 1 is 1.41 bits per heavy atom. The van der Waals surface area contributed by atoms with Gasteiger partial charge in [-0.25, -0.2) is 0 Å². The zero-order valence-corrected chi connectivity index (χ0v) is 10.5. The molecule has 1 aromatic carbocycles. The van der Waals surface area contributed by atoms with Crippen LogP contribution in [0.2, 0.25) is 0 Å². The normalized spacial score (nSPS) is 12.0. The number of likely N-dealkylation sites (N-methyl/N-ethyl adjacent to an activating group) is 1. The van der Waals surface area contributed by atoms with E-state index in [0.717, 1.165) is 11.3 Å². The third-order valence-electron chi connectivity index (χ3n) is 2.80. The fraction of sp³-hybridized carbons (Fsp3) is 0.462. The lowest BCUT2D eigenvalue weighted by molar-refractivity contribution is -0.131. The first kappa shape index (κ1) is 13.5. The average molecular weight is 237 g/mol. The summed E-state index contributed by atoms with van der Waals surface area (Å²) >= 11 is 0. The van der Waals surface area contributed by atoms with E-state index in [1.807, 2.05) is 31.2 Å². The van der Waals surface area contributed by atoms with Gasteiger partial charge in [-0.2, -0.15) is 0 Å². The first-order valence-electron chi connectivity index (χ1n) is 5.60. The molecule has 1 atom stereocenters. The standard InChI is InChI=1S/C13H19NO3/c1-10(13(16)14(2)8-9-15)11-4-6-12(17-3)7-5-11/h4-7,10,15H,8-9H2,1-3H3. The fourth-order valence-electron chi connectivity index (χ4n) is 1.63. The second-order valence-corrected chi connectivity index (χ2v) is 3.98. The van der Waals surface area contributed by atoms with Crippen molar-refractivity contribution >= 4 is 5.91 Å². The Hall–Kier alpha value is -1.55. The quantitative estimate of drug-likeness (QED) is 0.838. The van der Waals surface area contributed by atoms with Crippen LogP contribution in [0.4, 0.5) is 0 Å². The molecular weight excluding hydrogens is 218 g/mol. The van der Waals surface area contributed by atoms with Crippen LogP contribution in [0.3, 0.4) is 0 Å². The smallest absolute Gasteiger partial charge is 0.229 e. The fourth-order valence-corrected chi connectivity index (χ4v) is 1.63. The van der Waals surface area contributed by atoms with Gasteiger partial charge in [-0.05, 0) is 24.6 Å². The van der Waals surface area contributed by atoms with E-state index in [1.165, 1.54) is 4.90 Å². The number of aliphatic hydroxyl groups is 1. The van der Waals surface area contributed by atoms with Crippen LogP contribution < -0.4 is 4.74 Å². The molecule has 0 fully saturated rings. The van der Waals surface area contributed by atoms with Crippen molar-refractivity contribution in [3.8, 4) is 5.75 Å². The monoisotopic (exact) mass is 237 g/mol. The maximum absolute atomic E-state index is 12.0. The third kappa shape index (κ3) is 3.46. The van der Waals surface area contributed by atoms with Gasteiger partial charge in [-0.3, -0.25) is 4.79 Å². The summed E-state index contributed by atoms with van der Waals surface area (Å²) < 4.78 is 5.07. The van der Waals surface area contributed by atoms with Crippen molar-refractivity contribution in [1.29, 1.82) is 0 Å². The van der Waals surface area contributed by atoms with E-state index >= 15 is 0 Å². The summed E-state index contributed by atoms with van der Waals surface area (Å²) in [7, 11) is 3.30. The highest BCUT2D eigenvalue weighted by Crippen LogP contribution is 2.20. The number of aliphatic hydroxyl groups excluding tert-OH is 1. The molecule has 0 saturated carbocycles. The second kappa shape index (κ2) is 6.25. The van der Waals surface area contributed by atoms with Gasteiger partial charge in [0.25, 0.3) is 0 Å². The van der Waals surface area contributed by atoms with E-state index < -0.39 is 0 Å². The van der Waals surface area contributed by atoms with Gasteiger partial charge in [0.15, 0.2) is 0 Å². The number of amides is 1. The molecule has 94 valence electrons. The van der Waals surface area contributed by atoms with Gasteiger partial charge in [0, 0.05) is 13.6 Å². The first-order valence-corrected chi connectivity index (χ1v) is 5.60. The Balaban J connectivity index is 2.74. The van der Waals surface area contributed by atoms with Crippen molar-refractivity contribution in [3.05, 3.63) is 29.8 Å². The molecule has 1 unspecified atom stereocenters. The van der Waals surface area contributed by atoms with Crippen LogP contribution in [0.5, 0.6) is 5.75 Å². The Morgan fingerprint density at radius 2 is 2.00 bits per heavy atom. The molecule has 0 aliphatic carbocycles. The van der Waals surface area contributed by atoms with Crippen molar-refractivity contribution in [3.63, 3.8) is 0 Å². The molecule has 0 aromatic heterocycles. The lowest BCUT2D eigenvalue weighted by atomic mass is 10.00. The van der Waals surface area contributed by atoms with Crippen LogP contribution in [0.25, 0.3) is 0 Å². The maximum atomic E-state index is 12.0. The van der Waals surface area contributed by atoms with E-state index in [1.54, 1.807) is 14.2 Å². The first-order chi connectivity index (χ1) is 8.10. The van der Waals surface area contributed by atoms with E-state index in [-0.39, 0.29) is 18.4 Å². The molecule has 0 spiro atoms. The maximum Gasteiger partial charge on any atom is 0.229 e. The minimum absolute atomic E-state index is 0.00390. The van der Waals surface area contributed by atoms with Crippen molar-refractivity contribution in [2.45, 2.75) is 12.8 Å². The molecule has 1 N–H and O–H groups in total. The lowest BCUT2D eigenvalue weighted by Crippen LogP contribution is -2.32. The summed E-state index contributed by atoms with van der Waals surface area (Å²) in [5.41, 5.74) is 0.945. The summed E-state index contributed by atoms with van der Waals surface area (Å²) in [6, 6.07) is 7.44. The molecule has 1 amide bonds. The van der Waals surface area contributed by atoms with Gasteiger partial charge >= 0.3 is 0 Å². The Bertz CT molecular complexity index is 361. The summed E-state index contributed by atoms with van der Waals surface area (Å²) in [5.74, 6) is 0.568. The zero-order valence-electron chi connectivity index (χ0n) is 10.5. The number of carbonyl (C=O) groups is 1. The molecule has 4 heteroatoms. The van der Waals surface area contributed by atoms with Crippen LogP contribution in [0.1, 0.15) is 18.4 Å². The minimum atomic E-state index is -0.211. The second-order valence-electron chi connectivity index (χ2n) is 3.98. The minimum Gasteiger partial charge on any atom is -0.497 e. The molecule has 0 aliphatic rings. The van der Waals surface area contributed by atoms with Crippen LogP contribution in [0, 0.1) is 0 Å². The van der Waals surface area contributed by atoms with Crippen molar-refractivity contribution < 1.29 is 14.6 Å². The Labute approximate surface area is 102 Å². The van der Waals surface area contributed by atoms with Crippen LogP contribution in [-0.2, 0) is 4.79 Å². The highest BCUT2D eigenvalue weighted by atomic mass is 16.5. The van der Waals surface area contributed by atoms with Crippen molar-refractivity contribution in [1.82, 2.24) is 4.90 Å². The molecule has 0 radical (unpaired) electrons. The predicted molar refractivity (Wildman–Crippen MR) is 66.1 cm³/mol. The van der Waals surface area contributed by atoms with Gasteiger partial charge in [0.2, 0.25) is 5.91 Å². The van der Waals surface area contributed by atoms with Gasteiger partial charge in [-0.1, -0.05) is 12.1 Å². The summed E-state index contributed by atoms with van der Waals surface area (Å²) in [4.78, 5) is 13.5. The van der Waals surface area contributed by atoms with Crippen LogP contribution in [0.15, 0.2) is 24.3 Å². The zero-order chi connectivity index (χ0) is 12.8. The molecule has 1 aromatic rings. The SMILES string of the molecule is COc1ccc(C(C)C(=O)N(C)CCO)cc1. The summed E-state index contributed by atoms with van der Waals surface area (Å²) in [5, 5.41) is 8.80. The number of hydrogen-bond acceptors (Lipinski definition) is 3. The highest BCUT2D eigenvalue weighted by Gasteiger charge is 2.18. The Kier molecular flexibility index (Phi) is 4.97. The number of benzene rings is 1. The van der Waals surface area contributed by atoms with Gasteiger partial charge < -0.3 is 14.7 Å². The number of nitrogens with zero attached hydrogens (tertiary/aromatic N) is 1. The van der Waals surface area contributed by atoms with Gasteiger partial charge in [0.05, 0.1) is 19.6 Å². The molecule has 1 rings (SSSR count). The molecule has 0 heterocycles. The molecule has 0 aliphatic heterocycles. The summed E-state index contributed by atoms with van der Waals surface area (Å²) in [6.07, 6.45) is 0.